The minimum absolute atomic E-state index is 0.101. The van der Waals surface area contributed by atoms with E-state index in [1.165, 1.54) is 6.08 Å². The molecule has 0 aliphatic carbocycles. The fourth-order valence-electron chi connectivity index (χ4n) is 1.90. The number of nitro groups is 1. The van der Waals surface area contributed by atoms with Gasteiger partial charge in [-0.05, 0) is 13.0 Å². The molecular weight excluding hydrogens is 268 g/mol. The van der Waals surface area contributed by atoms with Gasteiger partial charge in [0, 0.05) is 30.5 Å². The van der Waals surface area contributed by atoms with Crippen LogP contribution in [-0.4, -0.2) is 19.7 Å². The molecule has 2 aromatic heterocycles. The zero-order valence-electron chi connectivity index (χ0n) is 10.8. The van der Waals surface area contributed by atoms with Crippen molar-refractivity contribution in [2.75, 3.05) is 0 Å². The number of nitrogens with zero attached hydrogens (tertiary/aromatic N) is 4. The fourth-order valence-corrected chi connectivity index (χ4v) is 2.09. The molecule has 0 amide bonds. The minimum atomic E-state index is -0.406. The maximum absolute atomic E-state index is 10.8. The Morgan fingerprint density at radius 3 is 2.89 bits per heavy atom. The van der Waals surface area contributed by atoms with Crippen LogP contribution < -0.4 is 0 Å². The van der Waals surface area contributed by atoms with Gasteiger partial charge in [0.25, 0.3) is 0 Å². The summed E-state index contributed by atoms with van der Waals surface area (Å²) in [7, 11) is 1.78. The van der Waals surface area contributed by atoms with Crippen LogP contribution in [0.2, 0.25) is 5.15 Å². The van der Waals surface area contributed by atoms with Crippen LogP contribution in [0, 0.1) is 17.0 Å². The van der Waals surface area contributed by atoms with Gasteiger partial charge in [-0.3, -0.25) is 14.8 Å². The average Bonchev–Trinajstić information content (AvgIpc) is 2.61. The quantitative estimate of drug-likeness (QED) is 0.492. The number of hydrogen-bond donors (Lipinski definition) is 0. The minimum Gasteiger partial charge on any atom is -0.259 e. The third-order valence-corrected chi connectivity index (χ3v) is 3.20. The molecule has 19 heavy (non-hydrogen) atoms. The molecule has 100 valence electrons. The Kier molecular flexibility index (Phi) is 3.53. The van der Waals surface area contributed by atoms with E-state index < -0.39 is 4.92 Å². The van der Waals surface area contributed by atoms with Gasteiger partial charge in [-0.1, -0.05) is 18.5 Å². The molecule has 0 N–H and O–H groups in total. The largest absolute Gasteiger partial charge is 0.259 e. The van der Waals surface area contributed by atoms with E-state index in [0.717, 1.165) is 11.1 Å². The molecule has 0 aliphatic heterocycles. The summed E-state index contributed by atoms with van der Waals surface area (Å²) in [6, 6.07) is 1.78. The average molecular weight is 281 g/mol. The van der Waals surface area contributed by atoms with Crippen molar-refractivity contribution in [3.63, 3.8) is 0 Å². The lowest BCUT2D eigenvalue weighted by atomic mass is 10.1. The molecule has 0 bridgehead atoms. The van der Waals surface area contributed by atoms with E-state index in [0.29, 0.717) is 17.6 Å². The molecular formula is C12H13ClN4O2. The number of halogens is 1. The molecule has 0 saturated carbocycles. The first kappa shape index (κ1) is 13.5. The van der Waals surface area contributed by atoms with Crippen LogP contribution in [0.1, 0.15) is 24.6 Å². The third kappa shape index (κ3) is 2.44. The second-order valence-corrected chi connectivity index (χ2v) is 4.55. The Morgan fingerprint density at radius 2 is 2.32 bits per heavy atom. The highest BCUT2D eigenvalue weighted by atomic mass is 35.5. The molecule has 0 spiro atoms. The normalized spacial score (nSPS) is 12.1. The maximum Gasteiger partial charge on any atom is 0.246 e. The number of rotatable bonds is 3. The van der Waals surface area contributed by atoms with E-state index in [4.69, 9.17) is 11.6 Å². The summed E-state index contributed by atoms with van der Waals surface area (Å²) >= 11 is 6.07. The Balaban J connectivity index is 2.65. The third-order valence-electron chi connectivity index (χ3n) is 2.90. The molecule has 0 aromatic carbocycles. The van der Waals surface area contributed by atoms with Gasteiger partial charge in [0.15, 0.2) is 5.65 Å². The second-order valence-electron chi connectivity index (χ2n) is 4.19. The zero-order chi connectivity index (χ0) is 14.2. The van der Waals surface area contributed by atoms with Gasteiger partial charge in [-0.15, -0.1) is 0 Å². The first-order valence-corrected chi connectivity index (χ1v) is 6.16. The summed E-state index contributed by atoms with van der Waals surface area (Å²) in [6.07, 6.45) is 1.79. The van der Waals surface area contributed by atoms with Crippen molar-refractivity contribution in [3.05, 3.63) is 38.3 Å². The highest BCUT2D eigenvalue weighted by Crippen LogP contribution is 2.25. The van der Waals surface area contributed by atoms with E-state index in [9.17, 15) is 10.1 Å². The van der Waals surface area contributed by atoms with E-state index >= 15 is 0 Å². The van der Waals surface area contributed by atoms with Crippen molar-refractivity contribution in [3.8, 4) is 0 Å². The SMILES string of the molecule is CC/C(=C\c1cc2c(C)nn(C)c2nc1Cl)[N+](=O)[O-]. The van der Waals surface area contributed by atoms with Crippen molar-refractivity contribution in [1.29, 1.82) is 0 Å². The number of allylic oxidation sites excluding steroid dienone is 1. The van der Waals surface area contributed by atoms with E-state index in [-0.39, 0.29) is 10.9 Å². The summed E-state index contributed by atoms with van der Waals surface area (Å²) in [4.78, 5) is 14.7. The van der Waals surface area contributed by atoms with Crippen LogP contribution in [0.25, 0.3) is 17.1 Å². The lowest BCUT2D eigenvalue weighted by molar-refractivity contribution is -0.425. The Bertz CT molecular complexity index is 691. The molecule has 0 fully saturated rings. The van der Waals surface area contributed by atoms with Crippen LogP contribution in [0.5, 0.6) is 0 Å². The molecule has 2 heterocycles. The molecule has 7 heteroatoms. The van der Waals surface area contributed by atoms with Gasteiger partial charge >= 0.3 is 0 Å². The van der Waals surface area contributed by atoms with Crippen LogP contribution in [0.4, 0.5) is 0 Å². The van der Waals surface area contributed by atoms with Crippen LogP contribution in [0.15, 0.2) is 11.8 Å². The van der Waals surface area contributed by atoms with Crippen molar-refractivity contribution >= 4 is 28.7 Å². The first-order chi connectivity index (χ1) is 8.93. The van der Waals surface area contributed by atoms with E-state index in [1.54, 1.807) is 24.7 Å². The first-order valence-electron chi connectivity index (χ1n) is 5.78. The fraction of sp³-hybridized carbons (Fsp3) is 0.333. The molecule has 2 aromatic rings. The lowest BCUT2D eigenvalue weighted by Crippen LogP contribution is -1.97. The summed E-state index contributed by atoms with van der Waals surface area (Å²) < 4.78 is 1.64. The standard InChI is InChI=1S/C12H13ClN4O2/c1-4-9(17(18)19)5-8-6-10-7(2)15-16(3)12(10)14-11(8)13/h5-6H,4H2,1-3H3/b9-5+. The van der Waals surface area contributed by atoms with Gasteiger partial charge in [-0.25, -0.2) is 4.98 Å². The van der Waals surface area contributed by atoms with Crippen LogP contribution in [-0.2, 0) is 7.05 Å². The molecule has 0 radical (unpaired) electrons. The molecule has 0 unspecified atom stereocenters. The van der Waals surface area contributed by atoms with E-state index in [1.807, 2.05) is 6.92 Å². The monoisotopic (exact) mass is 280 g/mol. The van der Waals surface area contributed by atoms with Crippen molar-refractivity contribution in [1.82, 2.24) is 14.8 Å². The van der Waals surface area contributed by atoms with Gasteiger partial charge in [0.2, 0.25) is 5.70 Å². The predicted molar refractivity (Wildman–Crippen MR) is 73.5 cm³/mol. The number of fused-ring (bicyclic) bond motifs is 1. The predicted octanol–water partition coefficient (Wildman–Crippen LogP) is 2.96. The smallest absolute Gasteiger partial charge is 0.246 e. The topological polar surface area (TPSA) is 73.8 Å². The highest BCUT2D eigenvalue weighted by Gasteiger charge is 2.13. The van der Waals surface area contributed by atoms with Gasteiger partial charge in [-0.2, -0.15) is 5.10 Å². The summed E-state index contributed by atoms with van der Waals surface area (Å²) in [6.45, 7) is 3.59. The van der Waals surface area contributed by atoms with Gasteiger partial charge in [0.1, 0.15) is 5.15 Å². The number of hydrogen-bond acceptors (Lipinski definition) is 4. The number of pyridine rings is 1. The van der Waals surface area contributed by atoms with E-state index in [2.05, 4.69) is 10.1 Å². The number of aryl methyl sites for hydroxylation is 2. The summed E-state index contributed by atoms with van der Waals surface area (Å²) in [5.74, 6) is 0. The molecule has 0 atom stereocenters. The summed E-state index contributed by atoms with van der Waals surface area (Å²) in [5.41, 5.74) is 2.12. The Morgan fingerprint density at radius 1 is 1.63 bits per heavy atom. The van der Waals surface area contributed by atoms with Crippen molar-refractivity contribution in [2.24, 2.45) is 7.05 Å². The highest BCUT2D eigenvalue weighted by molar-refractivity contribution is 6.31. The molecule has 2 rings (SSSR count). The second kappa shape index (κ2) is 4.97. The summed E-state index contributed by atoms with van der Waals surface area (Å²) in [5, 5.41) is 16.2. The van der Waals surface area contributed by atoms with Gasteiger partial charge < -0.3 is 0 Å². The van der Waals surface area contributed by atoms with Gasteiger partial charge in [0.05, 0.1) is 10.6 Å². The Hall–Kier alpha value is -1.95. The maximum atomic E-state index is 10.8. The lowest BCUT2D eigenvalue weighted by Gasteiger charge is -2.00. The number of aromatic nitrogens is 3. The zero-order valence-corrected chi connectivity index (χ0v) is 11.6. The molecule has 0 saturated heterocycles. The van der Waals surface area contributed by atoms with Crippen LogP contribution >= 0.6 is 11.6 Å². The molecule has 6 nitrogen and oxygen atoms in total. The van der Waals surface area contributed by atoms with Crippen LogP contribution in [0.3, 0.4) is 0 Å². The van der Waals surface area contributed by atoms with Crippen molar-refractivity contribution < 1.29 is 4.92 Å². The van der Waals surface area contributed by atoms with Crippen molar-refractivity contribution in [2.45, 2.75) is 20.3 Å². The Labute approximate surface area is 114 Å². The molecule has 0 aliphatic rings.